The molecule has 0 bridgehead atoms. The Bertz CT molecular complexity index is 714. The number of hydrogen-bond donors (Lipinski definition) is 0. The SMILES string of the molecule is O=[N+]([O-])c1ccc(C(Cl)S(=O)(=O)c2ccccc2)cc1. The summed E-state index contributed by atoms with van der Waals surface area (Å²) in [5, 5.41) is 10.6. The topological polar surface area (TPSA) is 77.3 Å². The van der Waals surface area contributed by atoms with E-state index in [9.17, 15) is 18.5 Å². The van der Waals surface area contributed by atoms with E-state index in [2.05, 4.69) is 0 Å². The van der Waals surface area contributed by atoms with Gasteiger partial charge in [0.1, 0.15) is 0 Å². The van der Waals surface area contributed by atoms with Crippen molar-refractivity contribution in [3.8, 4) is 0 Å². The lowest BCUT2D eigenvalue weighted by Crippen LogP contribution is -2.08. The van der Waals surface area contributed by atoms with Gasteiger partial charge in [0.05, 0.1) is 9.82 Å². The van der Waals surface area contributed by atoms with E-state index in [1.807, 2.05) is 0 Å². The van der Waals surface area contributed by atoms with Crippen LogP contribution in [0.1, 0.15) is 10.3 Å². The fraction of sp³-hybridized carbons (Fsp3) is 0.0769. The van der Waals surface area contributed by atoms with Crippen LogP contribution in [0.5, 0.6) is 0 Å². The van der Waals surface area contributed by atoms with Gasteiger partial charge in [0.25, 0.3) is 5.69 Å². The molecule has 0 spiro atoms. The fourth-order valence-corrected chi connectivity index (χ4v) is 3.40. The van der Waals surface area contributed by atoms with Gasteiger partial charge in [0.2, 0.25) is 0 Å². The van der Waals surface area contributed by atoms with E-state index >= 15 is 0 Å². The van der Waals surface area contributed by atoms with E-state index in [0.717, 1.165) is 0 Å². The first-order valence-corrected chi connectivity index (χ1v) is 7.58. The zero-order valence-corrected chi connectivity index (χ0v) is 11.7. The van der Waals surface area contributed by atoms with Crippen LogP contribution in [0.15, 0.2) is 59.5 Å². The second-order valence-corrected chi connectivity index (χ2v) is 6.75. The van der Waals surface area contributed by atoms with E-state index in [4.69, 9.17) is 11.6 Å². The monoisotopic (exact) mass is 311 g/mol. The number of sulfone groups is 1. The summed E-state index contributed by atoms with van der Waals surface area (Å²) in [6.07, 6.45) is 0. The maximum Gasteiger partial charge on any atom is 0.269 e. The second-order valence-electron chi connectivity index (χ2n) is 4.02. The third kappa shape index (κ3) is 2.81. The van der Waals surface area contributed by atoms with Gasteiger partial charge in [-0.1, -0.05) is 29.8 Å². The Balaban J connectivity index is 2.36. The van der Waals surface area contributed by atoms with Crippen molar-refractivity contribution in [2.24, 2.45) is 0 Å². The summed E-state index contributed by atoms with van der Waals surface area (Å²) in [7, 11) is -3.73. The van der Waals surface area contributed by atoms with Gasteiger partial charge in [-0.05, 0) is 29.8 Å². The van der Waals surface area contributed by atoms with Crippen molar-refractivity contribution >= 4 is 27.1 Å². The van der Waals surface area contributed by atoms with Crippen molar-refractivity contribution in [3.63, 3.8) is 0 Å². The highest BCUT2D eigenvalue weighted by atomic mass is 35.5. The van der Waals surface area contributed by atoms with Crippen molar-refractivity contribution in [3.05, 3.63) is 70.3 Å². The summed E-state index contributed by atoms with van der Waals surface area (Å²) < 4.78 is 23.3. The first kappa shape index (κ1) is 14.5. The van der Waals surface area contributed by atoms with Crippen LogP contribution in [0, 0.1) is 10.1 Å². The zero-order chi connectivity index (χ0) is 14.8. The lowest BCUT2D eigenvalue weighted by Gasteiger charge is -2.11. The van der Waals surface area contributed by atoms with Gasteiger partial charge in [0, 0.05) is 12.1 Å². The summed E-state index contributed by atoms with van der Waals surface area (Å²) in [4.78, 5) is 10.1. The van der Waals surface area contributed by atoms with E-state index in [0.29, 0.717) is 5.56 Å². The van der Waals surface area contributed by atoms with Crippen LogP contribution < -0.4 is 0 Å². The summed E-state index contributed by atoms with van der Waals surface area (Å²) in [6, 6.07) is 13.0. The molecule has 104 valence electrons. The average molecular weight is 312 g/mol. The Labute approximate surface area is 120 Å². The van der Waals surface area contributed by atoms with Crippen molar-refractivity contribution in [2.45, 2.75) is 9.60 Å². The molecular weight excluding hydrogens is 302 g/mol. The first-order valence-electron chi connectivity index (χ1n) is 5.60. The Kier molecular flexibility index (Phi) is 4.06. The van der Waals surface area contributed by atoms with E-state index in [1.54, 1.807) is 18.2 Å². The molecule has 0 aliphatic carbocycles. The largest absolute Gasteiger partial charge is 0.269 e. The molecular formula is C13H10ClNO4S. The van der Waals surface area contributed by atoms with Crippen molar-refractivity contribution in [1.82, 2.24) is 0 Å². The van der Waals surface area contributed by atoms with E-state index in [1.165, 1.54) is 36.4 Å². The molecule has 1 unspecified atom stereocenters. The predicted octanol–water partition coefficient (Wildman–Crippen LogP) is 3.31. The molecule has 0 radical (unpaired) electrons. The normalized spacial score (nSPS) is 12.8. The number of hydrogen-bond acceptors (Lipinski definition) is 4. The number of rotatable bonds is 4. The van der Waals surface area contributed by atoms with Gasteiger partial charge < -0.3 is 0 Å². The number of non-ortho nitro benzene ring substituents is 1. The van der Waals surface area contributed by atoms with Gasteiger partial charge in [-0.2, -0.15) is 0 Å². The molecule has 0 saturated heterocycles. The number of benzene rings is 2. The van der Waals surface area contributed by atoms with Gasteiger partial charge in [0.15, 0.2) is 14.5 Å². The summed E-state index contributed by atoms with van der Waals surface area (Å²) in [5.41, 5.74) is 0.177. The smallest absolute Gasteiger partial charge is 0.258 e. The van der Waals surface area contributed by atoms with Crippen LogP contribution in [0.25, 0.3) is 0 Å². The van der Waals surface area contributed by atoms with Gasteiger partial charge in [-0.15, -0.1) is 0 Å². The minimum Gasteiger partial charge on any atom is -0.258 e. The van der Waals surface area contributed by atoms with Gasteiger partial charge in [-0.25, -0.2) is 8.42 Å². The standard InChI is InChI=1S/C13H10ClNO4S/c14-13(10-6-8-11(9-7-10)15(16)17)20(18,19)12-4-2-1-3-5-12/h1-9,13H. The molecule has 20 heavy (non-hydrogen) atoms. The molecule has 0 amide bonds. The fourth-order valence-electron chi connectivity index (χ4n) is 1.66. The highest BCUT2D eigenvalue weighted by Crippen LogP contribution is 2.32. The van der Waals surface area contributed by atoms with Crippen molar-refractivity contribution < 1.29 is 13.3 Å². The van der Waals surface area contributed by atoms with E-state index in [-0.39, 0.29) is 10.6 Å². The molecule has 0 saturated carbocycles. The quantitative estimate of drug-likeness (QED) is 0.493. The highest BCUT2D eigenvalue weighted by Gasteiger charge is 2.27. The molecule has 0 heterocycles. The highest BCUT2D eigenvalue weighted by molar-refractivity contribution is 7.92. The van der Waals surface area contributed by atoms with Crippen LogP contribution in [0.2, 0.25) is 0 Å². The van der Waals surface area contributed by atoms with Crippen LogP contribution in [0.3, 0.4) is 0 Å². The molecule has 1 atom stereocenters. The number of alkyl halides is 1. The number of halogens is 1. The lowest BCUT2D eigenvalue weighted by molar-refractivity contribution is -0.384. The summed E-state index contributed by atoms with van der Waals surface area (Å²) in [6.45, 7) is 0. The maximum absolute atomic E-state index is 12.3. The second kappa shape index (κ2) is 5.60. The van der Waals surface area contributed by atoms with Crippen LogP contribution in [0.4, 0.5) is 5.69 Å². The summed E-state index contributed by atoms with van der Waals surface area (Å²) >= 11 is 6.01. The molecule has 0 N–H and O–H groups in total. The zero-order valence-electron chi connectivity index (χ0n) is 10.1. The molecule has 0 aliphatic rings. The van der Waals surface area contributed by atoms with Gasteiger partial charge >= 0.3 is 0 Å². The molecule has 7 heteroatoms. The number of nitro benzene ring substituents is 1. The molecule has 2 rings (SSSR count). The Morgan fingerprint density at radius 1 is 1.00 bits per heavy atom. The molecule has 5 nitrogen and oxygen atoms in total. The maximum atomic E-state index is 12.3. The minimum atomic E-state index is -3.73. The van der Waals surface area contributed by atoms with Crippen LogP contribution in [-0.4, -0.2) is 13.3 Å². The summed E-state index contributed by atoms with van der Waals surface area (Å²) in [5.74, 6) is 0. The average Bonchev–Trinajstić information content (AvgIpc) is 2.47. The van der Waals surface area contributed by atoms with Gasteiger partial charge in [-0.3, -0.25) is 10.1 Å². The molecule has 0 aromatic heterocycles. The number of nitrogens with zero attached hydrogens (tertiary/aromatic N) is 1. The van der Waals surface area contributed by atoms with Crippen LogP contribution in [-0.2, 0) is 9.84 Å². The third-order valence-corrected chi connectivity index (χ3v) is 5.41. The first-order chi connectivity index (χ1) is 9.43. The van der Waals surface area contributed by atoms with Crippen molar-refractivity contribution in [1.29, 1.82) is 0 Å². The van der Waals surface area contributed by atoms with E-state index < -0.39 is 19.5 Å². The predicted molar refractivity (Wildman–Crippen MR) is 75.3 cm³/mol. The molecule has 2 aromatic rings. The number of nitro groups is 1. The Morgan fingerprint density at radius 3 is 2.05 bits per heavy atom. The molecule has 0 aliphatic heterocycles. The minimum absolute atomic E-state index is 0.110. The molecule has 0 fully saturated rings. The lowest BCUT2D eigenvalue weighted by atomic mass is 10.2. The van der Waals surface area contributed by atoms with Crippen LogP contribution >= 0.6 is 11.6 Å². The third-order valence-electron chi connectivity index (χ3n) is 2.71. The van der Waals surface area contributed by atoms with Crippen molar-refractivity contribution in [2.75, 3.05) is 0 Å². The Morgan fingerprint density at radius 2 is 1.55 bits per heavy atom. The molecule has 2 aromatic carbocycles. The Hall–Kier alpha value is -1.92.